The summed E-state index contributed by atoms with van der Waals surface area (Å²) in [7, 11) is -1.08. The van der Waals surface area contributed by atoms with Gasteiger partial charge in [-0.1, -0.05) is 27.2 Å². The molecule has 31 heteroatoms. The van der Waals surface area contributed by atoms with Gasteiger partial charge in [-0.05, 0) is 30.0 Å². The van der Waals surface area contributed by atoms with Crippen molar-refractivity contribution in [2.45, 2.75) is 119 Å². The summed E-state index contributed by atoms with van der Waals surface area (Å²) in [5.74, 6) is -12.6. The van der Waals surface area contributed by atoms with E-state index in [1.807, 2.05) is 0 Å². The van der Waals surface area contributed by atoms with Crippen molar-refractivity contribution in [3.63, 3.8) is 0 Å². The van der Waals surface area contributed by atoms with Gasteiger partial charge in [0.15, 0.2) is 0 Å². The topological polar surface area (TPSA) is 436 Å². The molecule has 1 aromatic carbocycles. The van der Waals surface area contributed by atoms with Gasteiger partial charge in [0.2, 0.25) is 59.1 Å². The molecule has 14 N–H and O–H groups in total. The minimum absolute atomic E-state index is 0.0310. The van der Waals surface area contributed by atoms with E-state index in [0.29, 0.717) is 23.5 Å². The molecule has 82 heavy (non-hydrogen) atoms. The Morgan fingerprint density at radius 1 is 0.878 bits per heavy atom. The quantitative estimate of drug-likeness (QED) is 0.0519. The highest BCUT2D eigenvalue weighted by molar-refractivity contribution is 7.98. The number of hydrogen-bond acceptors (Lipinski definition) is 18. The Hall–Kier alpha value is -7.48. The van der Waals surface area contributed by atoms with E-state index < -0.39 is 187 Å². The monoisotopic (exact) mass is 1190 g/mol. The fraction of sp³-hybridized carbons (Fsp3) is 0.569. The van der Waals surface area contributed by atoms with Crippen LogP contribution in [-0.4, -0.2) is 212 Å². The number of ether oxygens (including phenoxy) is 1. The lowest BCUT2D eigenvalue weighted by molar-refractivity contribution is -0.144. The molecule has 0 radical (unpaired) electrons. The van der Waals surface area contributed by atoms with Crippen LogP contribution in [0.2, 0.25) is 0 Å². The third-order valence-electron chi connectivity index (χ3n) is 14.5. The van der Waals surface area contributed by atoms with Crippen molar-refractivity contribution >= 4 is 104 Å². The Morgan fingerprint density at radius 3 is 2.22 bits per heavy atom. The SMILES string of the molecule is CC[C@H](C)[C@@H]1NC(=O)CNC(=O)[C@@H]2Cc3c([nH]c4c(CSCCNC(=O)CCCN5C(=O)C=CC5=O)c(OC)ccc34)S(=O)C[C@H](NC(=O)CNC1=O)C(=O)N[C@@H](CC(N)=O)C(=O)N1C[C@H](O)CC1C(=O)N[C@@H](C(C)[C@@H](O)CO)C(=O)N2. The van der Waals surface area contributed by atoms with Gasteiger partial charge in [-0.3, -0.25) is 66.6 Å². The average Bonchev–Trinajstić information content (AvgIpc) is 3.90. The number of aliphatic hydroxyl groups is 3. The van der Waals surface area contributed by atoms with Crippen LogP contribution in [0.4, 0.5) is 0 Å². The molecule has 12 amide bonds. The predicted molar refractivity (Wildman–Crippen MR) is 291 cm³/mol. The van der Waals surface area contributed by atoms with Crippen molar-refractivity contribution in [3.8, 4) is 5.75 Å². The zero-order valence-electron chi connectivity index (χ0n) is 45.5. The molecule has 448 valence electrons. The van der Waals surface area contributed by atoms with E-state index in [-0.39, 0.29) is 59.1 Å². The number of aromatic amines is 1. The number of rotatable bonds is 17. The van der Waals surface area contributed by atoms with E-state index in [4.69, 9.17) is 10.5 Å². The molecule has 4 aliphatic rings. The number of carbonyl (C=O) groups excluding carboxylic acids is 12. The van der Waals surface area contributed by atoms with Gasteiger partial charge in [-0.25, -0.2) is 0 Å². The number of nitrogens with one attached hydrogen (secondary N) is 9. The molecule has 6 rings (SSSR count). The number of aromatic nitrogens is 1. The van der Waals surface area contributed by atoms with Gasteiger partial charge in [-0.15, -0.1) is 0 Å². The highest BCUT2D eigenvalue weighted by Crippen LogP contribution is 2.36. The van der Waals surface area contributed by atoms with Gasteiger partial charge in [0.1, 0.15) is 47.0 Å². The number of nitrogens with zero attached hydrogens (tertiary/aromatic N) is 2. The summed E-state index contributed by atoms with van der Waals surface area (Å²) >= 11 is 1.34. The molecule has 0 aliphatic carbocycles. The second-order valence-electron chi connectivity index (χ2n) is 20.3. The summed E-state index contributed by atoms with van der Waals surface area (Å²) in [6.07, 6.45) is -2.06. The van der Waals surface area contributed by atoms with E-state index >= 15 is 4.21 Å². The fourth-order valence-corrected chi connectivity index (χ4v) is 12.0. The first-order valence-electron chi connectivity index (χ1n) is 26.5. The number of hydrogen-bond donors (Lipinski definition) is 13. The summed E-state index contributed by atoms with van der Waals surface area (Å²) < 4.78 is 21.0. The number of carbonyl (C=O) groups is 12. The third-order valence-corrected chi connectivity index (χ3v) is 16.9. The molecule has 0 saturated carbocycles. The minimum Gasteiger partial charge on any atom is -0.496 e. The Labute approximate surface area is 476 Å². The lowest BCUT2D eigenvalue weighted by Crippen LogP contribution is -2.62. The van der Waals surface area contributed by atoms with Crippen LogP contribution in [-0.2, 0) is 80.5 Å². The van der Waals surface area contributed by atoms with Crippen LogP contribution in [0.15, 0.2) is 29.3 Å². The largest absolute Gasteiger partial charge is 0.496 e. The van der Waals surface area contributed by atoms with Crippen LogP contribution < -0.4 is 53.0 Å². The van der Waals surface area contributed by atoms with Gasteiger partial charge in [-0.2, -0.15) is 11.8 Å². The number of fused-ring (bicyclic) bond motifs is 5. The highest BCUT2D eigenvalue weighted by Gasteiger charge is 2.45. The second kappa shape index (κ2) is 29.0. The maximum Gasteiger partial charge on any atom is 0.253 e. The summed E-state index contributed by atoms with van der Waals surface area (Å²) in [5, 5.41) is 52.1. The molecule has 4 aliphatic heterocycles. The van der Waals surface area contributed by atoms with E-state index in [0.717, 1.165) is 22.0 Å². The molecular weight excluding hydrogens is 1120 g/mol. The van der Waals surface area contributed by atoms with Gasteiger partial charge in [0, 0.05) is 79.4 Å². The number of thioether (sulfide) groups is 1. The Kier molecular flexibility index (Phi) is 22.5. The standard InChI is InChI=1S/C51H70N12O17S2/c1-5-24(2)42-48(76)55-18-38(69)56-32-23-82(79)50-28(27-8-9-35(80-4)29(44(27)61-50)22-81-14-12-53-37(68)7-6-13-62-40(71)10-11-41(62)72)16-30(45(73)54-19-39(70)59-42)57-49(77)43(25(3)34(66)21-64)60-47(75)33-15-26(65)20-63(33)51(78)31(17-36(52)67)58-46(32)74/h8-11,24-26,30-34,42-43,61,64-66H,5-7,12-23H2,1-4H3,(H2,52,67)(H,53,68)(H,54,73)(H,55,76)(H,56,69)(H,57,77)(H,58,74)(H,59,70)(H,60,75)/t24-,25?,26+,30-,31-,32-,33?,34-,42-,43-,82?/m0/s1. The smallest absolute Gasteiger partial charge is 0.253 e. The minimum atomic E-state index is -2.47. The van der Waals surface area contributed by atoms with E-state index in [9.17, 15) is 72.9 Å². The number of aliphatic hydroxyl groups excluding tert-OH is 3. The van der Waals surface area contributed by atoms with Crippen molar-refractivity contribution < 1.29 is 81.8 Å². The Bertz CT molecular complexity index is 2870. The van der Waals surface area contributed by atoms with Crippen molar-refractivity contribution in [1.29, 1.82) is 0 Å². The van der Waals surface area contributed by atoms with E-state index in [1.165, 1.54) is 25.8 Å². The number of imide groups is 1. The van der Waals surface area contributed by atoms with Gasteiger partial charge in [0.25, 0.3) is 11.8 Å². The lowest BCUT2D eigenvalue weighted by atomic mass is 9.93. The maximum absolute atomic E-state index is 15.2. The molecule has 11 atom stereocenters. The van der Waals surface area contributed by atoms with E-state index in [2.05, 4.69) is 47.5 Å². The molecule has 0 spiro atoms. The van der Waals surface area contributed by atoms with Gasteiger partial charge >= 0.3 is 0 Å². The summed E-state index contributed by atoms with van der Waals surface area (Å²) in [6.45, 7) is 1.86. The van der Waals surface area contributed by atoms with Crippen molar-refractivity contribution in [2.24, 2.45) is 17.6 Å². The zero-order chi connectivity index (χ0) is 60.1. The molecule has 2 bridgehead atoms. The average molecular weight is 1190 g/mol. The first-order chi connectivity index (χ1) is 39.0. The Balaban J connectivity index is 1.47. The van der Waals surface area contributed by atoms with Crippen LogP contribution in [0, 0.1) is 11.8 Å². The molecule has 1 aromatic heterocycles. The third kappa shape index (κ3) is 15.9. The van der Waals surface area contributed by atoms with Gasteiger partial charge in [0.05, 0.1) is 67.5 Å². The number of benzene rings is 1. The summed E-state index contributed by atoms with van der Waals surface area (Å²) in [5.41, 5.74) is 6.39. The zero-order valence-corrected chi connectivity index (χ0v) is 47.2. The number of nitrogens with two attached hydrogens (primary N) is 1. The first-order valence-corrected chi connectivity index (χ1v) is 29.0. The van der Waals surface area contributed by atoms with E-state index in [1.54, 1.807) is 26.0 Å². The molecule has 29 nitrogen and oxygen atoms in total. The molecule has 1 saturated heterocycles. The van der Waals surface area contributed by atoms with Crippen molar-refractivity contribution in [3.05, 3.63) is 35.4 Å². The van der Waals surface area contributed by atoms with Crippen molar-refractivity contribution in [2.75, 3.05) is 57.9 Å². The van der Waals surface area contributed by atoms with Crippen LogP contribution in [0.3, 0.4) is 0 Å². The number of amides is 12. The molecule has 2 aromatic rings. The number of methoxy groups -OCH3 is 1. The van der Waals surface area contributed by atoms with Crippen LogP contribution in [0.25, 0.3) is 10.9 Å². The van der Waals surface area contributed by atoms with Crippen LogP contribution in [0.1, 0.15) is 64.0 Å². The first kappa shape index (κ1) is 63.7. The normalized spacial score (nSPS) is 25.6. The molecule has 1 fully saturated rings. The lowest BCUT2D eigenvalue weighted by Gasteiger charge is -2.32. The summed E-state index contributed by atoms with van der Waals surface area (Å²) in [6, 6.07) is -7.11. The number of H-pyrrole nitrogens is 1. The maximum atomic E-state index is 15.2. The molecular formula is C51H70N12O17S2. The highest BCUT2D eigenvalue weighted by atomic mass is 32.2. The number of primary amides is 1. The second-order valence-corrected chi connectivity index (χ2v) is 22.8. The van der Waals surface area contributed by atoms with Crippen molar-refractivity contribution in [1.82, 2.24) is 57.3 Å². The van der Waals surface area contributed by atoms with Crippen LogP contribution in [0.5, 0.6) is 5.75 Å². The fourth-order valence-electron chi connectivity index (χ4n) is 9.73. The summed E-state index contributed by atoms with van der Waals surface area (Å²) in [4.78, 5) is 168. The molecule has 3 unspecified atom stereocenters. The van der Waals surface area contributed by atoms with Gasteiger partial charge < -0.3 is 78.2 Å². The molecule has 5 heterocycles. The Morgan fingerprint density at radius 2 is 1.56 bits per heavy atom. The van der Waals surface area contributed by atoms with Crippen LogP contribution >= 0.6 is 11.8 Å². The predicted octanol–water partition coefficient (Wildman–Crippen LogP) is -5.56.